The second kappa shape index (κ2) is 9.62. The lowest BCUT2D eigenvalue weighted by atomic mass is 9.88. The van der Waals surface area contributed by atoms with Crippen LogP contribution >= 0.6 is 0 Å². The van der Waals surface area contributed by atoms with Crippen LogP contribution in [0.5, 0.6) is 34.5 Å². The molecule has 0 bridgehead atoms. The van der Waals surface area contributed by atoms with Gasteiger partial charge in [-0.2, -0.15) is 0 Å². The Kier molecular flexibility index (Phi) is 6.14. The number of fused-ring (bicyclic) bond motifs is 5. The molecule has 0 aliphatic heterocycles. The molecule has 2 aromatic heterocycles. The van der Waals surface area contributed by atoms with Crippen molar-refractivity contribution in [2.24, 2.45) is 0 Å². The van der Waals surface area contributed by atoms with Gasteiger partial charge in [0.1, 0.15) is 62.4 Å². The summed E-state index contributed by atoms with van der Waals surface area (Å²) in [6.07, 6.45) is 0. The van der Waals surface area contributed by atoms with E-state index in [1.54, 1.807) is 38.1 Å². The highest BCUT2D eigenvalue weighted by atomic mass is 16.5. The Hall–Kier alpha value is -5.38. The van der Waals surface area contributed by atoms with Crippen LogP contribution < -0.4 is 29.8 Å². The van der Waals surface area contributed by atoms with Crippen molar-refractivity contribution in [3.05, 3.63) is 68.4 Å². The van der Waals surface area contributed by atoms with Gasteiger partial charge < -0.3 is 38.0 Å². The summed E-state index contributed by atoms with van der Waals surface area (Å²) in [5.41, 5.74) is -0.597. The fourth-order valence-electron chi connectivity index (χ4n) is 5.63. The summed E-state index contributed by atoms with van der Waals surface area (Å²) >= 11 is 0. The largest absolute Gasteiger partial charge is 0.506 e. The Morgan fingerprint density at radius 3 is 1.55 bits per heavy atom. The molecule has 0 fully saturated rings. The SMILES string of the molecule is COc1cc(OC)c2c(O)c3c(=O)cc(C)oc3c(-c3c(O)c4c(=O)cc(C)oc4c4c(OC)cc(OC)cc34)c2c1. The van der Waals surface area contributed by atoms with E-state index in [9.17, 15) is 19.8 Å². The van der Waals surface area contributed by atoms with Gasteiger partial charge in [-0.15, -0.1) is 0 Å². The molecule has 0 aliphatic carbocycles. The minimum atomic E-state index is -0.512. The van der Waals surface area contributed by atoms with E-state index in [1.165, 1.54) is 40.6 Å². The lowest BCUT2D eigenvalue weighted by molar-refractivity contribution is 0.396. The second-order valence-electron chi connectivity index (χ2n) is 9.80. The third kappa shape index (κ3) is 3.72. The molecule has 0 atom stereocenters. The normalized spacial score (nSPS) is 11.5. The van der Waals surface area contributed by atoms with Crippen LogP contribution in [0.25, 0.3) is 54.6 Å². The molecule has 2 heterocycles. The van der Waals surface area contributed by atoms with Crippen LogP contribution in [0.15, 0.2) is 54.8 Å². The maximum atomic E-state index is 13.4. The molecule has 0 aliphatic rings. The lowest BCUT2D eigenvalue weighted by Gasteiger charge is -2.20. The fourth-order valence-corrected chi connectivity index (χ4v) is 5.63. The summed E-state index contributed by atoms with van der Waals surface area (Å²) < 4.78 is 34.5. The number of methoxy groups -OCH3 is 4. The predicted octanol–water partition coefficient (Wildman–Crippen LogP) is 5.94. The van der Waals surface area contributed by atoms with E-state index in [2.05, 4.69) is 0 Å². The van der Waals surface area contributed by atoms with Crippen LogP contribution in [-0.4, -0.2) is 38.7 Å². The summed E-state index contributed by atoms with van der Waals surface area (Å²) in [4.78, 5) is 26.8. The average molecular weight is 571 g/mol. The van der Waals surface area contributed by atoms with Gasteiger partial charge in [0, 0.05) is 46.2 Å². The molecule has 10 heteroatoms. The van der Waals surface area contributed by atoms with E-state index >= 15 is 0 Å². The van der Waals surface area contributed by atoms with Crippen molar-refractivity contribution in [1.29, 1.82) is 0 Å². The number of phenols is 2. The Morgan fingerprint density at radius 1 is 0.548 bits per heavy atom. The van der Waals surface area contributed by atoms with E-state index in [0.29, 0.717) is 39.2 Å². The Labute approximate surface area is 237 Å². The highest BCUT2D eigenvalue weighted by molar-refractivity contribution is 6.25. The van der Waals surface area contributed by atoms with Gasteiger partial charge in [-0.1, -0.05) is 0 Å². The molecule has 0 saturated carbocycles. The number of aromatic hydroxyl groups is 2. The Morgan fingerprint density at radius 2 is 1.02 bits per heavy atom. The van der Waals surface area contributed by atoms with Gasteiger partial charge in [0.05, 0.1) is 39.2 Å². The summed E-state index contributed by atoms with van der Waals surface area (Å²) in [5.74, 6) is 1.06. The van der Waals surface area contributed by atoms with Crippen LogP contribution in [0.3, 0.4) is 0 Å². The second-order valence-corrected chi connectivity index (χ2v) is 9.80. The summed E-state index contributed by atoms with van der Waals surface area (Å²) in [5, 5.41) is 24.5. The number of aryl methyl sites for hydroxylation is 2. The zero-order chi connectivity index (χ0) is 30.0. The standard InChI is InChI=1S/C32H26O10/c1-13-7-20(34)28-30(36)25(18-10-16(38-4)12-22(40-6)24(18)31(28)41-13)26-17-9-15(37-3)11-21(39-5)23(17)29(35)27-19(33)8-14(2)42-32(26)27/h7-12,35-36H,1-6H3. The molecule has 10 nitrogen and oxygen atoms in total. The molecule has 4 aromatic carbocycles. The van der Waals surface area contributed by atoms with Crippen LogP contribution in [0.4, 0.5) is 0 Å². The lowest BCUT2D eigenvalue weighted by Crippen LogP contribution is -2.05. The molecule has 2 N–H and O–H groups in total. The van der Waals surface area contributed by atoms with Crippen molar-refractivity contribution in [1.82, 2.24) is 0 Å². The van der Waals surface area contributed by atoms with Crippen LogP contribution in [0.1, 0.15) is 11.5 Å². The van der Waals surface area contributed by atoms with Gasteiger partial charge in [-0.25, -0.2) is 0 Å². The number of hydrogen-bond acceptors (Lipinski definition) is 10. The third-order valence-electron chi connectivity index (χ3n) is 7.39. The quantitative estimate of drug-likeness (QED) is 0.189. The van der Waals surface area contributed by atoms with Crippen LogP contribution in [0.2, 0.25) is 0 Å². The van der Waals surface area contributed by atoms with E-state index < -0.39 is 16.6 Å². The van der Waals surface area contributed by atoms with Crippen molar-refractivity contribution in [2.45, 2.75) is 13.8 Å². The third-order valence-corrected chi connectivity index (χ3v) is 7.39. The molecule has 0 saturated heterocycles. The van der Waals surface area contributed by atoms with Gasteiger partial charge in [0.15, 0.2) is 16.4 Å². The number of hydrogen-bond donors (Lipinski definition) is 2. The molecule has 0 radical (unpaired) electrons. The topological polar surface area (TPSA) is 138 Å². The van der Waals surface area contributed by atoms with Crippen molar-refractivity contribution >= 4 is 43.5 Å². The number of benzene rings is 4. The first-order valence-corrected chi connectivity index (χ1v) is 12.8. The van der Waals surface area contributed by atoms with E-state index in [-0.39, 0.29) is 55.7 Å². The minimum Gasteiger partial charge on any atom is -0.506 e. The fraction of sp³-hybridized carbons (Fsp3) is 0.188. The van der Waals surface area contributed by atoms with E-state index in [1.807, 2.05) is 0 Å². The van der Waals surface area contributed by atoms with Crippen molar-refractivity contribution in [3.63, 3.8) is 0 Å². The molecule has 0 amide bonds. The summed E-state index contributed by atoms with van der Waals surface area (Å²) in [6.45, 7) is 3.23. The van der Waals surface area contributed by atoms with Gasteiger partial charge in [-0.3, -0.25) is 9.59 Å². The van der Waals surface area contributed by atoms with Gasteiger partial charge >= 0.3 is 0 Å². The zero-order valence-electron chi connectivity index (χ0n) is 23.6. The first-order chi connectivity index (χ1) is 20.1. The molecule has 42 heavy (non-hydrogen) atoms. The first-order valence-electron chi connectivity index (χ1n) is 12.8. The number of ether oxygens (including phenoxy) is 4. The first kappa shape index (κ1) is 26.8. The molecule has 0 spiro atoms. The Bertz CT molecular complexity index is 2220. The van der Waals surface area contributed by atoms with E-state index in [0.717, 1.165) is 0 Å². The highest BCUT2D eigenvalue weighted by Gasteiger charge is 2.29. The molecular weight excluding hydrogens is 544 g/mol. The van der Waals surface area contributed by atoms with Crippen molar-refractivity contribution in [3.8, 4) is 45.6 Å². The van der Waals surface area contributed by atoms with E-state index in [4.69, 9.17) is 27.8 Å². The summed E-state index contributed by atoms with van der Waals surface area (Å²) in [6, 6.07) is 9.01. The number of rotatable bonds is 5. The highest BCUT2D eigenvalue weighted by Crippen LogP contribution is 2.53. The Balaban J connectivity index is 2.04. The average Bonchev–Trinajstić information content (AvgIpc) is 2.96. The van der Waals surface area contributed by atoms with Crippen LogP contribution in [-0.2, 0) is 0 Å². The van der Waals surface area contributed by atoms with Crippen molar-refractivity contribution in [2.75, 3.05) is 28.4 Å². The molecular formula is C32H26O10. The number of phenolic OH excluding ortho intramolecular Hbond substituents is 2. The molecule has 0 unspecified atom stereocenters. The predicted molar refractivity (Wildman–Crippen MR) is 158 cm³/mol. The maximum Gasteiger partial charge on any atom is 0.196 e. The zero-order valence-corrected chi connectivity index (χ0v) is 23.6. The summed E-state index contributed by atoms with van der Waals surface area (Å²) in [7, 11) is 5.83. The molecule has 214 valence electrons. The smallest absolute Gasteiger partial charge is 0.196 e. The van der Waals surface area contributed by atoms with Gasteiger partial charge in [0.25, 0.3) is 0 Å². The van der Waals surface area contributed by atoms with Gasteiger partial charge in [-0.05, 0) is 26.0 Å². The minimum absolute atomic E-state index is 0.0189. The van der Waals surface area contributed by atoms with Crippen LogP contribution in [0, 0.1) is 13.8 Å². The monoisotopic (exact) mass is 570 g/mol. The van der Waals surface area contributed by atoms with Crippen molar-refractivity contribution < 1.29 is 38.0 Å². The molecule has 6 aromatic rings. The van der Waals surface area contributed by atoms with Gasteiger partial charge in [0.2, 0.25) is 0 Å². The molecule has 6 rings (SSSR count). The maximum absolute atomic E-state index is 13.4.